The Morgan fingerprint density at radius 3 is 0.935 bits per heavy atom. The van der Waals surface area contributed by atoms with Crippen LogP contribution in [0.1, 0.15) is 0 Å². The van der Waals surface area contributed by atoms with Gasteiger partial charge < -0.3 is 34.5 Å². The summed E-state index contributed by atoms with van der Waals surface area (Å²) in [7, 11) is -12.0. The van der Waals surface area contributed by atoms with Crippen molar-refractivity contribution in [2.24, 2.45) is 0 Å². The van der Waals surface area contributed by atoms with Crippen molar-refractivity contribution in [2.45, 2.75) is 0 Å². The summed E-state index contributed by atoms with van der Waals surface area (Å²) in [5.41, 5.74) is 8.41. The van der Waals surface area contributed by atoms with Crippen LogP contribution in [0.2, 0.25) is 0 Å². The van der Waals surface area contributed by atoms with Crippen molar-refractivity contribution in [3.63, 3.8) is 0 Å². The van der Waals surface area contributed by atoms with Gasteiger partial charge in [0.15, 0.2) is 24.8 Å². The normalized spacial score (nSPS) is 11.0. The van der Waals surface area contributed by atoms with Crippen molar-refractivity contribution in [3.05, 3.63) is 146 Å². The van der Waals surface area contributed by atoms with Crippen LogP contribution in [0, 0.1) is 0 Å². The second kappa shape index (κ2) is 15.1. The van der Waals surface area contributed by atoms with E-state index in [1.807, 2.05) is 48.8 Å². The third kappa shape index (κ3) is 11.0. The smallest absolute Gasteiger partial charge is 0.418 e. The summed E-state index contributed by atoms with van der Waals surface area (Å²) in [6, 6.07) is 37.2. The van der Waals surface area contributed by atoms with Gasteiger partial charge in [-0.15, -0.1) is 0 Å². The molecule has 0 spiro atoms. The highest BCUT2D eigenvalue weighted by molar-refractivity contribution is 6.50. The minimum atomic E-state index is -6.00. The largest absolute Gasteiger partial charge is 0.673 e. The molecular formula is C32H24B2F8N4. The predicted octanol–water partition coefficient (Wildman–Crippen LogP) is 8.63. The Balaban J connectivity index is 0.000000421. The summed E-state index contributed by atoms with van der Waals surface area (Å²) < 4.78 is 82.2. The molecule has 4 heterocycles. The Kier molecular flexibility index (Phi) is 11.0. The van der Waals surface area contributed by atoms with Gasteiger partial charge in [-0.05, 0) is 12.1 Å². The molecule has 6 aromatic rings. The van der Waals surface area contributed by atoms with Gasteiger partial charge in [-0.25, -0.2) is 0 Å². The van der Waals surface area contributed by atoms with Crippen molar-refractivity contribution in [2.75, 3.05) is 0 Å². The molecule has 0 fully saturated rings. The standard InChI is InChI=1S/C32H24N4.2BF4/c1-3-7-29(8-4-1)35-19-15-25(16-20-35)31-13-11-27(23-33-31)28-12-14-32(34-24-28)26-17-21-36(22-18-26)30-9-5-2-6-10-30;2*2-1(3,4)5/h1-24H;;/q+2;2*-1. The van der Waals surface area contributed by atoms with E-state index in [9.17, 15) is 34.5 Å². The van der Waals surface area contributed by atoms with E-state index in [0.717, 1.165) is 45.0 Å². The molecule has 0 radical (unpaired) electrons. The van der Waals surface area contributed by atoms with Gasteiger partial charge in [0, 0.05) is 83.2 Å². The first-order valence-corrected chi connectivity index (χ1v) is 13.6. The number of pyridine rings is 4. The highest BCUT2D eigenvalue weighted by Crippen LogP contribution is 2.24. The fourth-order valence-electron chi connectivity index (χ4n) is 4.21. The van der Waals surface area contributed by atoms with E-state index in [0.29, 0.717) is 0 Å². The molecule has 0 unspecified atom stereocenters. The molecule has 14 heteroatoms. The van der Waals surface area contributed by atoms with Gasteiger partial charge in [-0.1, -0.05) is 48.5 Å². The first-order chi connectivity index (χ1) is 21.8. The Bertz CT molecular complexity index is 1640. The average Bonchev–Trinajstić information content (AvgIpc) is 3.04. The summed E-state index contributed by atoms with van der Waals surface area (Å²) >= 11 is 0. The molecule has 0 aliphatic rings. The molecule has 0 bridgehead atoms. The zero-order chi connectivity index (χ0) is 33.2. The second-order valence-corrected chi connectivity index (χ2v) is 9.51. The lowest BCUT2D eigenvalue weighted by Crippen LogP contribution is -2.28. The maximum Gasteiger partial charge on any atom is 0.673 e. The van der Waals surface area contributed by atoms with E-state index in [1.54, 1.807) is 0 Å². The van der Waals surface area contributed by atoms with E-state index < -0.39 is 14.5 Å². The third-order valence-electron chi connectivity index (χ3n) is 6.22. The molecule has 46 heavy (non-hydrogen) atoms. The van der Waals surface area contributed by atoms with E-state index in [-0.39, 0.29) is 0 Å². The van der Waals surface area contributed by atoms with Crippen LogP contribution in [-0.4, -0.2) is 24.5 Å². The molecule has 4 nitrogen and oxygen atoms in total. The highest BCUT2D eigenvalue weighted by atomic mass is 19.5. The molecule has 0 aliphatic carbocycles. The molecule has 0 N–H and O–H groups in total. The number of halogens is 8. The van der Waals surface area contributed by atoms with Gasteiger partial charge in [-0.2, -0.15) is 9.13 Å². The third-order valence-corrected chi connectivity index (χ3v) is 6.22. The number of nitrogens with zero attached hydrogens (tertiary/aromatic N) is 4. The quantitative estimate of drug-likeness (QED) is 0.108. The van der Waals surface area contributed by atoms with Crippen molar-refractivity contribution < 1.29 is 43.7 Å². The van der Waals surface area contributed by atoms with Crippen molar-refractivity contribution in [1.29, 1.82) is 0 Å². The predicted molar refractivity (Wildman–Crippen MR) is 162 cm³/mol. The molecule has 0 aliphatic heterocycles. The minimum Gasteiger partial charge on any atom is -0.418 e. The Hall–Kier alpha value is -5.39. The van der Waals surface area contributed by atoms with Crippen molar-refractivity contribution >= 4 is 14.5 Å². The first-order valence-electron chi connectivity index (χ1n) is 13.6. The number of hydrogen-bond acceptors (Lipinski definition) is 2. The van der Waals surface area contributed by atoms with Crippen molar-refractivity contribution in [1.82, 2.24) is 9.97 Å². The number of benzene rings is 2. The maximum absolute atomic E-state index is 9.75. The lowest BCUT2D eigenvalue weighted by atomic mass is 10.1. The lowest BCUT2D eigenvalue weighted by molar-refractivity contribution is -0.595. The number of aromatic nitrogens is 4. The molecule has 4 aromatic heterocycles. The SMILES string of the molecule is F[B-](F)(F)F.F[B-](F)(F)F.c1ccc(-[n+]2ccc(-c3ccc(-c4ccc(-c5cc[n+](-c6ccccc6)cc5)nc4)cn3)cc2)cc1. The number of para-hydroxylation sites is 2. The van der Waals surface area contributed by atoms with Gasteiger partial charge in [0.2, 0.25) is 11.4 Å². The highest BCUT2D eigenvalue weighted by Gasteiger charge is 2.21. The van der Waals surface area contributed by atoms with E-state index in [2.05, 4.69) is 107 Å². The van der Waals surface area contributed by atoms with Gasteiger partial charge in [0.05, 0.1) is 11.4 Å². The van der Waals surface area contributed by atoms with Gasteiger partial charge in [0.1, 0.15) is 0 Å². The van der Waals surface area contributed by atoms with E-state index in [4.69, 9.17) is 9.97 Å². The van der Waals surface area contributed by atoms with Crippen LogP contribution < -0.4 is 9.13 Å². The molecule has 0 atom stereocenters. The summed E-state index contributed by atoms with van der Waals surface area (Å²) in [4.78, 5) is 9.41. The molecule has 0 saturated heterocycles. The van der Waals surface area contributed by atoms with E-state index >= 15 is 0 Å². The zero-order valence-electron chi connectivity index (χ0n) is 23.8. The number of hydrogen-bond donors (Lipinski definition) is 0. The maximum atomic E-state index is 9.75. The summed E-state index contributed by atoms with van der Waals surface area (Å²) in [6.07, 6.45) is 12.1. The monoisotopic (exact) mass is 638 g/mol. The van der Waals surface area contributed by atoms with Crippen LogP contribution in [0.25, 0.3) is 45.0 Å². The molecule has 0 amide bonds. The fourth-order valence-corrected chi connectivity index (χ4v) is 4.21. The molecule has 234 valence electrons. The average molecular weight is 638 g/mol. The summed E-state index contributed by atoms with van der Waals surface area (Å²) in [5, 5.41) is 0. The van der Waals surface area contributed by atoms with Crippen LogP contribution in [0.3, 0.4) is 0 Å². The van der Waals surface area contributed by atoms with Crippen LogP contribution in [0.15, 0.2) is 146 Å². The molecule has 0 saturated carbocycles. The first kappa shape index (κ1) is 33.5. The Labute approximate surface area is 259 Å². The van der Waals surface area contributed by atoms with Crippen molar-refractivity contribution in [3.8, 4) is 45.0 Å². The second-order valence-electron chi connectivity index (χ2n) is 9.51. The van der Waals surface area contributed by atoms with Crippen LogP contribution in [0.4, 0.5) is 34.5 Å². The zero-order valence-corrected chi connectivity index (χ0v) is 23.8. The minimum absolute atomic E-state index is 0.944. The topological polar surface area (TPSA) is 33.5 Å². The Morgan fingerprint density at radius 1 is 0.370 bits per heavy atom. The summed E-state index contributed by atoms with van der Waals surface area (Å²) in [5.74, 6) is 0. The molecule has 6 rings (SSSR count). The fraction of sp³-hybridized carbons (Fsp3) is 0. The van der Waals surface area contributed by atoms with Gasteiger partial charge in [0.25, 0.3) is 0 Å². The van der Waals surface area contributed by atoms with Crippen LogP contribution >= 0.6 is 0 Å². The van der Waals surface area contributed by atoms with Gasteiger partial charge >= 0.3 is 14.5 Å². The molecular weight excluding hydrogens is 614 g/mol. The lowest BCUT2D eigenvalue weighted by Gasteiger charge is -2.05. The molecule has 2 aromatic carbocycles. The van der Waals surface area contributed by atoms with Gasteiger partial charge in [-0.3, -0.25) is 9.97 Å². The van der Waals surface area contributed by atoms with E-state index in [1.165, 1.54) is 0 Å². The summed E-state index contributed by atoms with van der Waals surface area (Å²) in [6.45, 7) is 0. The number of rotatable bonds is 5. The van der Waals surface area contributed by atoms with Crippen LogP contribution in [0.5, 0.6) is 0 Å². The van der Waals surface area contributed by atoms with Crippen LogP contribution in [-0.2, 0) is 0 Å². The Morgan fingerprint density at radius 2 is 0.674 bits per heavy atom.